The van der Waals surface area contributed by atoms with Crippen molar-refractivity contribution in [1.82, 2.24) is 14.9 Å². The summed E-state index contributed by atoms with van der Waals surface area (Å²) in [5.41, 5.74) is 0. The third-order valence-electron chi connectivity index (χ3n) is 4.84. The van der Waals surface area contributed by atoms with Gasteiger partial charge in [-0.2, -0.15) is 0 Å². The van der Waals surface area contributed by atoms with Crippen LogP contribution in [0, 0.1) is 11.8 Å². The molecule has 2 aromatic rings. The third kappa shape index (κ3) is 3.14. The van der Waals surface area contributed by atoms with Crippen molar-refractivity contribution in [2.75, 3.05) is 31.6 Å². The minimum Gasteiger partial charge on any atom is -0.376 e. The number of carbonyl (C=O) groups excluding carboxylic acids is 1. The summed E-state index contributed by atoms with van der Waals surface area (Å²) in [4.78, 5) is 23.7. The number of fused-ring (bicyclic) bond motifs is 1. The van der Waals surface area contributed by atoms with Crippen LogP contribution in [-0.4, -0.2) is 53.1 Å². The quantitative estimate of drug-likeness (QED) is 0.920. The maximum absolute atomic E-state index is 12.5. The Hall–Kier alpha value is -1.99. The molecule has 1 amide bonds. The first-order valence-corrected chi connectivity index (χ1v) is 9.14. The molecule has 4 rings (SSSR count). The molecule has 0 radical (unpaired) electrons. The Morgan fingerprint density at radius 2 is 2.25 bits per heavy atom. The fraction of sp³-hybridized carbons (Fsp3) is 0.471. The van der Waals surface area contributed by atoms with Crippen LogP contribution in [-0.2, 0) is 4.74 Å². The molecule has 0 unspecified atom stereocenters. The molecule has 126 valence electrons. The average Bonchev–Trinajstić information content (AvgIpc) is 3.30. The average molecular weight is 344 g/mol. The summed E-state index contributed by atoms with van der Waals surface area (Å²) < 4.78 is 5.99. The van der Waals surface area contributed by atoms with Gasteiger partial charge in [0.05, 0.1) is 17.6 Å². The molecule has 7 heteroatoms. The summed E-state index contributed by atoms with van der Waals surface area (Å²) in [6, 6.07) is 5.63. The van der Waals surface area contributed by atoms with Gasteiger partial charge in [0.1, 0.15) is 0 Å². The van der Waals surface area contributed by atoms with Crippen LogP contribution in [0.15, 0.2) is 36.0 Å². The van der Waals surface area contributed by atoms with E-state index in [1.165, 1.54) is 11.3 Å². The fourth-order valence-electron chi connectivity index (χ4n) is 3.62. The van der Waals surface area contributed by atoms with Crippen LogP contribution in [0.1, 0.15) is 16.1 Å². The molecule has 0 spiro atoms. The second-order valence-corrected chi connectivity index (χ2v) is 7.21. The SMILES string of the molecule is O=C(c1cccs1)N1CC[C@@H]2[C@@H](CO[C@H]2CNc2ncccn2)C1. The number of nitrogens with one attached hydrogen (secondary N) is 1. The van der Waals surface area contributed by atoms with Crippen molar-refractivity contribution in [3.8, 4) is 0 Å². The highest BCUT2D eigenvalue weighted by Gasteiger charge is 2.41. The van der Waals surface area contributed by atoms with Crippen LogP contribution in [0.3, 0.4) is 0 Å². The van der Waals surface area contributed by atoms with Crippen molar-refractivity contribution in [1.29, 1.82) is 0 Å². The van der Waals surface area contributed by atoms with Crippen LogP contribution in [0.5, 0.6) is 0 Å². The Bertz CT molecular complexity index is 679. The Morgan fingerprint density at radius 3 is 3.04 bits per heavy atom. The molecule has 0 saturated carbocycles. The van der Waals surface area contributed by atoms with Crippen molar-refractivity contribution in [3.63, 3.8) is 0 Å². The van der Waals surface area contributed by atoms with E-state index in [2.05, 4.69) is 15.3 Å². The van der Waals surface area contributed by atoms with Crippen molar-refractivity contribution in [2.45, 2.75) is 12.5 Å². The lowest BCUT2D eigenvalue weighted by Gasteiger charge is -2.35. The minimum atomic E-state index is 0.155. The first-order chi connectivity index (χ1) is 11.8. The molecule has 4 heterocycles. The molecule has 0 aliphatic carbocycles. The Balaban J connectivity index is 1.33. The topological polar surface area (TPSA) is 67.3 Å². The number of ether oxygens (including phenoxy) is 1. The second-order valence-electron chi connectivity index (χ2n) is 6.27. The number of likely N-dealkylation sites (tertiary alicyclic amines) is 1. The van der Waals surface area contributed by atoms with E-state index >= 15 is 0 Å². The van der Waals surface area contributed by atoms with Gasteiger partial charge in [0, 0.05) is 37.9 Å². The van der Waals surface area contributed by atoms with Crippen molar-refractivity contribution in [3.05, 3.63) is 40.8 Å². The number of anilines is 1. The van der Waals surface area contributed by atoms with Gasteiger partial charge >= 0.3 is 0 Å². The maximum atomic E-state index is 12.5. The molecule has 2 fully saturated rings. The van der Waals surface area contributed by atoms with E-state index in [9.17, 15) is 4.79 Å². The minimum absolute atomic E-state index is 0.155. The normalized spacial score (nSPS) is 26.2. The van der Waals surface area contributed by atoms with Gasteiger partial charge in [-0.05, 0) is 29.9 Å². The standard InChI is InChI=1S/C17H20N4O2S/c22-16(15-3-1-8-24-15)21-7-4-13-12(10-21)11-23-14(13)9-20-17-18-5-2-6-19-17/h1-3,5-6,8,12-14H,4,7,9-11H2,(H,18,19,20)/t12-,13-,14+/m1/s1. The van der Waals surface area contributed by atoms with Gasteiger partial charge in [0.2, 0.25) is 5.95 Å². The molecule has 3 atom stereocenters. The van der Waals surface area contributed by atoms with Gasteiger partial charge in [-0.3, -0.25) is 4.79 Å². The molecule has 0 aromatic carbocycles. The monoisotopic (exact) mass is 344 g/mol. The molecule has 6 nitrogen and oxygen atoms in total. The summed E-state index contributed by atoms with van der Waals surface area (Å²) in [7, 11) is 0. The molecular formula is C17H20N4O2S. The van der Waals surface area contributed by atoms with E-state index in [1.807, 2.05) is 22.4 Å². The van der Waals surface area contributed by atoms with E-state index in [0.717, 1.165) is 31.0 Å². The number of thiophene rings is 1. The Kier molecular flexibility index (Phi) is 4.44. The molecule has 1 N–H and O–H groups in total. The van der Waals surface area contributed by atoms with Crippen molar-refractivity contribution >= 4 is 23.2 Å². The largest absolute Gasteiger partial charge is 0.376 e. The van der Waals surface area contributed by atoms with Gasteiger partial charge in [0.25, 0.3) is 5.91 Å². The lowest BCUT2D eigenvalue weighted by Crippen LogP contribution is -2.45. The van der Waals surface area contributed by atoms with Gasteiger partial charge in [0.15, 0.2) is 0 Å². The second kappa shape index (κ2) is 6.86. The number of hydrogen-bond acceptors (Lipinski definition) is 6. The molecule has 0 bridgehead atoms. The predicted octanol–water partition coefficient (Wildman–Crippen LogP) is 2.13. The van der Waals surface area contributed by atoms with Gasteiger partial charge in [-0.1, -0.05) is 6.07 Å². The van der Waals surface area contributed by atoms with Gasteiger partial charge in [-0.15, -0.1) is 11.3 Å². The van der Waals surface area contributed by atoms with E-state index in [1.54, 1.807) is 18.5 Å². The van der Waals surface area contributed by atoms with Crippen LogP contribution < -0.4 is 5.32 Å². The summed E-state index contributed by atoms with van der Waals surface area (Å²) in [6.45, 7) is 3.03. The third-order valence-corrected chi connectivity index (χ3v) is 5.70. The zero-order chi connectivity index (χ0) is 16.4. The highest BCUT2D eigenvalue weighted by molar-refractivity contribution is 7.12. The summed E-state index contributed by atoms with van der Waals surface area (Å²) >= 11 is 1.51. The van der Waals surface area contributed by atoms with Crippen LogP contribution in [0.4, 0.5) is 5.95 Å². The van der Waals surface area contributed by atoms with Crippen LogP contribution in [0.25, 0.3) is 0 Å². The number of amides is 1. The predicted molar refractivity (Wildman–Crippen MR) is 92.1 cm³/mol. The van der Waals surface area contributed by atoms with E-state index < -0.39 is 0 Å². The lowest BCUT2D eigenvalue weighted by atomic mass is 9.84. The van der Waals surface area contributed by atoms with E-state index in [-0.39, 0.29) is 12.0 Å². The van der Waals surface area contributed by atoms with E-state index in [4.69, 9.17) is 4.74 Å². The molecule has 24 heavy (non-hydrogen) atoms. The Morgan fingerprint density at radius 1 is 1.38 bits per heavy atom. The maximum Gasteiger partial charge on any atom is 0.263 e. The van der Waals surface area contributed by atoms with Crippen LogP contribution >= 0.6 is 11.3 Å². The number of hydrogen-bond donors (Lipinski definition) is 1. The first-order valence-electron chi connectivity index (χ1n) is 8.26. The van der Waals surface area contributed by atoms with Gasteiger partial charge in [-0.25, -0.2) is 9.97 Å². The highest BCUT2D eigenvalue weighted by Crippen LogP contribution is 2.35. The lowest BCUT2D eigenvalue weighted by molar-refractivity contribution is 0.0626. The zero-order valence-corrected chi connectivity index (χ0v) is 14.1. The highest BCUT2D eigenvalue weighted by atomic mass is 32.1. The fourth-order valence-corrected chi connectivity index (χ4v) is 4.31. The summed E-state index contributed by atoms with van der Waals surface area (Å²) in [5, 5.41) is 5.20. The molecule has 2 aliphatic rings. The molecular weight excluding hydrogens is 324 g/mol. The van der Waals surface area contributed by atoms with Crippen molar-refractivity contribution in [2.24, 2.45) is 11.8 Å². The number of nitrogens with zero attached hydrogens (tertiary/aromatic N) is 3. The van der Waals surface area contributed by atoms with E-state index in [0.29, 0.717) is 24.3 Å². The molecule has 2 saturated heterocycles. The molecule has 2 aliphatic heterocycles. The number of aromatic nitrogens is 2. The van der Waals surface area contributed by atoms with Gasteiger partial charge < -0.3 is 15.0 Å². The summed E-state index contributed by atoms with van der Waals surface area (Å²) in [5.74, 6) is 1.71. The zero-order valence-electron chi connectivity index (χ0n) is 13.3. The number of rotatable bonds is 4. The number of piperidine rings is 1. The number of carbonyl (C=O) groups is 1. The first kappa shape index (κ1) is 15.5. The smallest absolute Gasteiger partial charge is 0.263 e. The Labute approximate surface area is 144 Å². The summed E-state index contributed by atoms with van der Waals surface area (Å²) in [6.07, 6.45) is 4.60. The van der Waals surface area contributed by atoms with Crippen LogP contribution in [0.2, 0.25) is 0 Å². The van der Waals surface area contributed by atoms with Crippen molar-refractivity contribution < 1.29 is 9.53 Å². The molecule has 2 aromatic heterocycles.